The fourth-order valence-corrected chi connectivity index (χ4v) is 6.01. The molecule has 3 aromatic rings. The molecule has 6 heteroatoms. The number of hydrazone groups is 1. The van der Waals surface area contributed by atoms with Crippen molar-refractivity contribution in [2.45, 2.75) is 24.9 Å². The zero-order valence-electron chi connectivity index (χ0n) is 18.4. The predicted octanol–water partition coefficient (Wildman–Crippen LogP) is 4.88. The molecule has 2 heterocycles. The number of halogens is 1. The molecule has 1 saturated carbocycles. The normalized spacial score (nSPS) is 26.9. The molecule has 0 amide bonds. The number of Topliss-reactive ketones (excluding diaryl/α,β-unsaturated/α-hetero) is 3. The van der Waals surface area contributed by atoms with E-state index in [4.69, 9.17) is 0 Å². The molecule has 34 heavy (non-hydrogen) atoms. The molecule has 1 saturated heterocycles. The van der Waals surface area contributed by atoms with Crippen LogP contribution in [0.3, 0.4) is 0 Å². The summed E-state index contributed by atoms with van der Waals surface area (Å²) in [6.45, 7) is 1.97. The summed E-state index contributed by atoms with van der Waals surface area (Å²) in [5.74, 6) is -2.71. The summed E-state index contributed by atoms with van der Waals surface area (Å²) in [7, 11) is 0. The van der Waals surface area contributed by atoms with Crippen LogP contribution in [0.2, 0.25) is 0 Å². The maximum atomic E-state index is 13.9. The molecule has 168 valence electrons. The van der Waals surface area contributed by atoms with Gasteiger partial charge in [-0.3, -0.25) is 19.4 Å². The lowest BCUT2D eigenvalue weighted by molar-refractivity contribution is -0.126. The maximum Gasteiger partial charge on any atom is 0.187 e. The Balaban J connectivity index is 1.49. The van der Waals surface area contributed by atoms with Gasteiger partial charge in [-0.05, 0) is 35.7 Å². The summed E-state index contributed by atoms with van der Waals surface area (Å²) >= 11 is 3.41. The van der Waals surface area contributed by atoms with Crippen LogP contribution in [0.4, 0.5) is 0 Å². The highest BCUT2D eigenvalue weighted by molar-refractivity contribution is 9.10. The van der Waals surface area contributed by atoms with Crippen molar-refractivity contribution in [1.29, 1.82) is 0 Å². The second-order valence-electron chi connectivity index (χ2n) is 9.21. The molecule has 3 aromatic carbocycles. The van der Waals surface area contributed by atoms with Crippen molar-refractivity contribution in [1.82, 2.24) is 5.01 Å². The van der Waals surface area contributed by atoms with Crippen LogP contribution in [-0.4, -0.2) is 34.6 Å². The lowest BCUT2D eigenvalue weighted by Gasteiger charge is -2.33. The number of nitrogens with zero attached hydrogens (tertiary/aromatic N) is 2. The highest BCUT2D eigenvalue weighted by Crippen LogP contribution is 2.55. The lowest BCUT2D eigenvalue weighted by atomic mass is 9.83. The summed E-state index contributed by atoms with van der Waals surface area (Å²) < 4.78 is 0.864. The first kappa shape index (κ1) is 21.2. The number of rotatable bonds is 3. The second-order valence-corrected chi connectivity index (χ2v) is 10.1. The highest BCUT2D eigenvalue weighted by Gasteiger charge is 2.65. The molecular weight excluding hydrogens is 492 g/mol. The van der Waals surface area contributed by atoms with Gasteiger partial charge in [-0.25, -0.2) is 0 Å². The number of hydrogen-bond acceptors (Lipinski definition) is 5. The largest absolute Gasteiger partial charge is 0.298 e. The van der Waals surface area contributed by atoms with Crippen molar-refractivity contribution in [3.05, 3.63) is 105 Å². The Labute approximate surface area is 205 Å². The van der Waals surface area contributed by atoms with Gasteiger partial charge in [0.25, 0.3) is 0 Å². The molecule has 5 atom stereocenters. The molecular formula is C28H21BrN2O3. The smallest absolute Gasteiger partial charge is 0.187 e. The number of carbonyl (C=O) groups is 3. The van der Waals surface area contributed by atoms with Crippen molar-refractivity contribution in [2.24, 2.45) is 16.9 Å². The van der Waals surface area contributed by atoms with E-state index in [2.05, 4.69) is 21.0 Å². The fraction of sp³-hybridized carbons (Fsp3) is 0.214. The van der Waals surface area contributed by atoms with Crippen molar-refractivity contribution in [3.8, 4) is 0 Å². The average molecular weight is 513 g/mol. The van der Waals surface area contributed by atoms with Crippen molar-refractivity contribution in [3.63, 3.8) is 0 Å². The molecule has 6 rings (SSSR count). The Morgan fingerprint density at radius 1 is 0.882 bits per heavy atom. The third-order valence-corrected chi connectivity index (χ3v) is 7.84. The Morgan fingerprint density at radius 2 is 1.56 bits per heavy atom. The van der Waals surface area contributed by atoms with E-state index in [1.165, 1.54) is 0 Å². The highest BCUT2D eigenvalue weighted by atomic mass is 79.9. The minimum atomic E-state index is -0.851. The Hall–Kier alpha value is -3.38. The van der Waals surface area contributed by atoms with Crippen molar-refractivity contribution < 1.29 is 14.4 Å². The predicted molar refractivity (Wildman–Crippen MR) is 132 cm³/mol. The van der Waals surface area contributed by atoms with Crippen LogP contribution in [-0.2, 0) is 9.59 Å². The average Bonchev–Trinajstić information content (AvgIpc) is 3.32. The number of carbonyl (C=O) groups excluding carboxylic acids is 3. The standard InChI is InChI=1S/C28H21BrN2O3/c1-15-6-8-16(9-7-15)21-27(33)22-23(28(21)34)25(26(32)17-10-12-19(29)13-11-17)31-24(22)20-5-3-2-4-18(20)14-30-31/h2-14,21-25H,1H3/t21-,22-,23-,24+,25+/m1/s1. The van der Waals surface area contributed by atoms with Crippen molar-refractivity contribution >= 4 is 39.5 Å². The van der Waals surface area contributed by atoms with Crippen LogP contribution in [0.25, 0.3) is 0 Å². The van der Waals surface area contributed by atoms with E-state index in [1.54, 1.807) is 23.4 Å². The Kier molecular flexibility index (Phi) is 4.88. The van der Waals surface area contributed by atoms with Crippen LogP contribution in [0.15, 0.2) is 82.4 Å². The van der Waals surface area contributed by atoms with Crippen LogP contribution in [0, 0.1) is 18.8 Å². The molecule has 2 fully saturated rings. The quantitative estimate of drug-likeness (QED) is 0.370. The summed E-state index contributed by atoms with van der Waals surface area (Å²) in [4.78, 5) is 41.6. The van der Waals surface area contributed by atoms with Gasteiger partial charge in [-0.2, -0.15) is 5.10 Å². The summed E-state index contributed by atoms with van der Waals surface area (Å²) in [5.41, 5.74) is 4.11. The first-order valence-electron chi connectivity index (χ1n) is 11.3. The second kappa shape index (κ2) is 7.84. The third kappa shape index (κ3) is 3.05. The number of aryl methyl sites for hydroxylation is 1. The summed E-state index contributed by atoms with van der Waals surface area (Å²) in [6, 6.07) is 21.2. The van der Waals surface area contributed by atoms with E-state index in [9.17, 15) is 14.4 Å². The minimum absolute atomic E-state index is 0.119. The lowest BCUT2D eigenvalue weighted by Crippen LogP contribution is -2.41. The van der Waals surface area contributed by atoms with Crippen LogP contribution < -0.4 is 0 Å². The number of fused-ring (bicyclic) bond motifs is 5. The minimum Gasteiger partial charge on any atom is -0.298 e. The van der Waals surface area contributed by atoms with Gasteiger partial charge >= 0.3 is 0 Å². The van der Waals surface area contributed by atoms with E-state index >= 15 is 0 Å². The molecule has 0 N–H and O–H groups in total. The Morgan fingerprint density at radius 3 is 2.29 bits per heavy atom. The van der Waals surface area contributed by atoms with Crippen molar-refractivity contribution in [2.75, 3.05) is 0 Å². The molecule has 0 bridgehead atoms. The van der Waals surface area contributed by atoms with Gasteiger partial charge in [-0.1, -0.05) is 82.2 Å². The molecule has 3 aliphatic rings. The first-order chi connectivity index (χ1) is 16.5. The van der Waals surface area contributed by atoms with E-state index in [1.807, 2.05) is 67.6 Å². The van der Waals surface area contributed by atoms with Gasteiger partial charge in [0.2, 0.25) is 0 Å². The number of hydrogen-bond donors (Lipinski definition) is 0. The summed E-state index contributed by atoms with van der Waals surface area (Å²) in [6.07, 6.45) is 1.72. The van der Waals surface area contributed by atoms with Gasteiger partial charge in [0.05, 0.1) is 24.1 Å². The zero-order valence-corrected chi connectivity index (χ0v) is 20.0. The molecule has 2 aliphatic heterocycles. The third-order valence-electron chi connectivity index (χ3n) is 7.32. The Bertz CT molecular complexity index is 1360. The zero-order chi connectivity index (χ0) is 23.6. The topological polar surface area (TPSA) is 66.8 Å². The monoisotopic (exact) mass is 512 g/mol. The van der Waals surface area contributed by atoms with Crippen LogP contribution >= 0.6 is 15.9 Å². The molecule has 0 radical (unpaired) electrons. The summed E-state index contributed by atoms with van der Waals surface area (Å²) in [5, 5.41) is 6.32. The molecule has 0 aromatic heterocycles. The molecule has 0 unspecified atom stereocenters. The van der Waals surface area contributed by atoms with Gasteiger partial charge in [0.1, 0.15) is 12.0 Å². The first-order valence-corrected chi connectivity index (χ1v) is 12.1. The molecule has 5 nitrogen and oxygen atoms in total. The maximum absolute atomic E-state index is 13.9. The SMILES string of the molecule is Cc1ccc([C@H]2C(=O)[C@@H]3[C@@H](C2=O)[C@@H]2c4ccccc4C=NN2[C@@H]3C(=O)c2ccc(Br)cc2)cc1. The van der Waals surface area contributed by atoms with Crippen LogP contribution in [0.5, 0.6) is 0 Å². The van der Waals surface area contributed by atoms with Gasteiger partial charge < -0.3 is 0 Å². The number of ketones is 3. The fourth-order valence-electron chi connectivity index (χ4n) is 5.75. The van der Waals surface area contributed by atoms with Gasteiger partial charge in [0.15, 0.2) is 17.3 Å². The van der Waals surface area contributed by atoms with Gasteiger partial charge in [-0.15, -0.1) is 0 Å². The van der Waals surface area contributed by atoms with E-state index in [0.717, 1.165) is 21.2 Å². The van der Waals surface area contributed by atoms with Gasteiger partial charge in [0, 0.05) is 10.0 Å². The molecule has 1 aliphatic carbocycles. The molecule has 0 spiro atoms. The van der Waals surface area contributed by atoms with E-state index in [0.29, 0.717) is 11.1 Å². The van der Waals surface area contributed by atoms with E-state index < -0.39 is 29.8 Å². The van der Waals surface area contributed by atoms with E-state index in [-0.39, 0.29) is 17.3 Å². The number of benzene rings is 3. The van der Waals surface area contributed by atoms with Crippen LogP contribution in [0.1, 0.15) is 44.6 Å².